The number of hydrogen-bond donors (Lipinski definition) is 2. The van der Waals surface area contributed by atoms with Crippen molar-refractivity contribution in [2.75, 3.05) is 12.4 Å². The first-order valence-corrected chi connectivity index (χ1v) is 4.99. The van der Waals surface area contributed by atoms with E-state index in [9.17, 15) is 14.9 Å². The smallest absolute Gasteiger partial charge is 0.297 e. The van der Waals surface area contributed by atoms with Crippen LogP contribution in [0.4, 0.5) is 11.4 Å². The Morgan fingerprint density at radius 3 is 2.89 bits per heavy atom. The molecule has 1 aromatic carbocycles. The number of amides is 1. The first kappa shape index (κ1) is 12.4. The number of methoxy groups -OCH3 is 1. The van der Waals surface area contributed by atoms with Crippen LogP contribution >= 0.6 is 0 Å². The second-order valence-electron chi connectivity index (χ2n) is 3.33. The van der Waals surface area contributed by atoms with Crippen LogP contribution in [-0.2, 0) is 0 Å². The number of benzene rings is 1. The van der Waals surface area contributed by atoms with Crippen molar-refractivity contribution in [1.82, 2.24) is 20.6 Å². The predicted octanol–water partition coefficient (Wildman–Crippen LogP) is 0.369. The van der Waals surface area contributed by atoms with Gasteiger partial charge >= 0.3 is 0 Å². The monoisotopic (exact) mass is 264 g/mol. The van der Waals surface area contributed by atoms with Gasteiger partial charge in [-0.1, -0.05) is 0 Å². The van der Waals surface area contributed by atoms with Crippen molar-refractivity contribution in [2.24, 2.45) is 0 Å². The minimum Gasteiger partial charge on any atom is -0.494 e. The number of anilines is 1. The molecule has 1 aromatic heterocycles. The molecule has 0 unspecified atom stereocenters. The highest BCUT2D eigenvalue weighted by molar-refractivity contribution is 6.02. The van der Waals surface area contributed by atoms with Crippen molar-refractivity contribution < 1.29 is 14.5 Å². The molecule has 0 aliphatic rings. The number of nitro groups is 1. The Kier molecular flexibility index (Phi) is 3.32. The maximum atomic E-state index is 11.7. The van der Waals surface area contributed by atoms with Crippen molar-refractivity contribution in [3.05, 3.63) is 34.1 Å². The minimum absolute atomic E-state index is 0.144. The third-order valence-corrected chi connectivity index (χ3v) is 2.19. The molecule has 10 nitrogen and oxygen atoms in total. The number of nitrogens with one attached hydrogen (secondary N) is 2. The number of rotatable bonds is 4. The summed E-state index contributed by atoms with van der Waals surface area (Å²) in [7, 11) is 1.34. The molecule has 0 spiro atoms. The standard InChI is InChI=1S/C9H8N6O4/c1-19-7-4-5(15(17)18)2-3-6(7)10-9(16)8-11-13-14-12-8/h2-4H,1H3,(H,10,16)(H,11,12,13,14). The predicted molar refractivity (Wildman–Crippen MR) is 61.8 cm³/mol. The van der Waals surface area contributed by atoms with E-state index < -0.39 is 10.8 Å². The van der Waals surface area contributed by atoms with E-state index >= 15 is 0 Å². The third-order valence-electron chi connectivity index (χ3n) is 2.19. The van der Waals surface area contributed by atoms with E-state index in [1.807, 2.05) is 0 Å². The third kappa shape index (κ3) is 2.62. The molecule has 0 radical (unpaired) electrons. The Labute approximate surface area is 105 Å². The Balaban J connectivity index is 2.25. The topological polar surface area (TPSA) is 136 Å². The molecule has 2 N–H and O–H groups in total. The van der Waals surface area contributed by atoms with Crippen LogP contribution in [0.15, 0.2) is 18.2 Å². The van der Waals surface area contributed by atoms with E-state index in [0.717, 1.165) is 0 Å². The summed E-state index contributed by atoms with van der Waals surface area (Å²) < 4.78 is 4.97. The Morgan fingerprint density at radius 2 is 2.32 bits per heavy atom. The number of nitro benzene ring substituents is 1. The van der Waals surface area contributed by atoms with Gasteiger partial charge in [0, 0.05) is 6.07 Å². The van der Waals surface area contributed by atoms with Crippen LogP contribution in [-0.4, -0.2) is 38.6 Å². The molecule has 98 valence electrons. The zero-order chi connectivity index (χ0) is 13.8. The molecular formula is C9H8N6O4. The molecule has 0 saturated carbocycles. The van der Waals surface area contributed by atoms with Crippen LogP contribution in [0.5, 0.6) is 5.75 Å². The van der Waals surface area contributed by atoms with Crippen LogP contribution in [0.25, 0.3) is 0 Å². The van der Waals surface area contributed by atoms with E-state index in [-0.39, 0.29) is 22.9 Å². The van der Waals surface area contributed by atoms with Gasteiger partial charge in [-0.05, 0) is 11.3 Å². The molecule has 2 aromatic rings. The number of hydrogen-bond acceptors (Lipinski definition) is 7. The number of tetrazole rings is 1. The Morgan fingerprint density at radius 1 is 1.53 bits per heavy atom. The maximum Gasteiger partial charge on any atom is 0.297 e. The fraction of sp³-hybridized carbons (Fsp3) is 0.111. The van der Waals surface area contributed by atoms with Gasteiger partial charge in [0.25, 0.3) is 17.4 Å². The average molecular weight is 264 g/mol. The zero-order valence-electron chi connectivity index (χ0n) is 9.65. The summed E-state index contributed by atoms with van der Waals surface area (Å²) in [6.45, 7) is 0. The maximum absolute atomic E-state index is 11.7. The summed E-state index contributed by atoms with van der Waals surface area (Å²) in [5, 5.41) is 25.5. The summed E-state index contributed by atoms with van der Waals surface area (Å²) in [4.78, 5) is 21.7. The van der Waals surface area contributed by atoms with Gasteiger partial charge in [-0.15, -0.1) is 10.2 Å². The van der Waals surface area contributed by atoms with Gasteiger partial charge in [0.15, 0.2) is 0 Å². The normalized spacial score (nSPS) is 9.95. The number of non-ortho nitro benzene ring substituents is 1. The zero-order valence-corrected chi connectivity index (χ0v) is 9.65. The van der Waals surface area contributed by atoms with Crippen molar-refractivity contribution >= 4 is 17.3 Å². The summed E-state index contributed by atoms with van der Waals surface area (Å²) >= 11 is 0. The largest absolute Gasteiger partial charge is 0.494 e. The lowest BCUT2D eigenvalue weighted by Crippen LogP contribution is -2.14. The molecule has 19 heavy (non-hydrogen) atoms. The van der Waals surface area contributed by atoms with E-state index in [4.69, 9.17) is 4.74 Å². The summed E-state index contributed by atoms with van der Waals surface area (Å²) in [6, 6.07) is 3.80. The molecule has 10 heteroatoms. The van der Waals surface area contributed by atoms with Crippen LogP contribution in [0.2, 0.25) is 0 Å². The highest BCUT2D eigenvalue weighted by atomic mass is 16.6. The van der Waals surface area contributed by atoms with Crippen molar-refractivity contribution in [1.29, 1.82) is 0 Å². The van der Waals surface area contributed by atoms with Gasteiger partial charge in [-0.3, -0.25) is 14.9 Å². The molecule has 0 atom stereocenters. The molecular weight excluding hydrogens is 256 g/mol. The van der Waals surface area contributed by atoms with Gasteiger partial charge in [-0.2, -0.15) is 5.21 Å². The van der Waals surface area contributed by atoms with Gasteiger partial charge in [-0.25, -0.2) is 0 Å². The molecule has 1 amide bonds. The quantitative estimate of drug-likeness (QED) is 0.601. The second-order valence-corrected chi connectivity index (χ2v) is 3.33. The van der Waals surface area contributed by atoms with Gasteiger partial charge in [0.05, 0.1) is 23.8 Å². The molecule has 0 aliphatic carbocycles. The lowest BCUT2D eigenvalue weighted by atomic mass is 10.2. The molecule has 0 bridgehead atoms. The molecule has 2 rings (SSSR count). The number of aromatic amines is 1. The molecule has 0 saturated heterocycles. The first-order valence-electron chi connectivity index (χ1n) is 4.99. The lowest BCUT2D eigenvalue weighted by Gasteiger charge is -2.08. The van der Waals surface area contributed by atoms with Gasteiger partial charge in [0.1, 0.15) is 5.75 Å². The van der Waals surface area contributed by atoms with E-state index in [0.29, 0.717) is 0 Å². The van der Waals surface area contributed by atoms with Crippen molar-refractivity contribution in [3.8, 4) is 5.75 Å². The van der Waals surface area contributed by atoms with E-state index in [1.165, 1.54) is 25.3 Å². The van der Waals surface area contributed by atoms with E-state index in [2.05, 4.69) is 25.9 Å². The summed E-state index contributed by atoms with van der Waals surface area (Å²) in [5.74, 6) is -0.604. The summed E-state index contributed by atoms with van der Waals surface area (Å²) in [6.07, 6.45) is 0. The Bertz CT molecular complexity index is 611. The highest BCUT2D eigenvalue weighted by Crippen LogP contribution is 2.29. The molecule has 0 aliphatic heterocycles. The number of carbonyl (C=O) groups is 1. The number of nitrogens with zero attached hydrogens (tertiary/aromatic N) is 4. The lowest BCUT2D eigenvalue weighted by molar-refractivity contribution is -0.384. The molecule has 0 fully saturated rings. The van der Waals surface area contributed by atoms with Crippen molar-refractivity contribution in [2.45, 2.75) is 0 Å². The SMILES string of the molecule is COc1cc([N+](=O)[O-])ccc1NC(=O)c1nn[nH]n1. The average Bonchev–Trinajstić information content (AvgIpc) is 2.92. The summed E-state index contributed by atoms with van der Waals surface area (Å²) in [5.41, 5.74) is 0.123. The van der Waals surface area contributed by atoms with E-state index in [1.54, 1.807) is 0 Å². The van der Waals surface area contributed by atoms with Crippen molar-refractivity contribution in [3.63, 3.8) is 0 Å². The minimum atomic E-state index is -0.610. The number of H-pyrrole nitrogens is 1. The van der Waals surface area contributed by atoms with Gasteiger partial charge in [0.2, 0.25) is 0 Å². The molecule has 1 heterocycles. The van der Waals surface area contributed by atoms with Crippen LogP contribution in [0.3, 0.4) is 0 Å². The van der Waals surface area contributed by atoms with Crippen LogP contribution in [0, 0.1) is 10.1 Å². The number of carbonyl (C=O) groups excluding carboxylic acids is 1. The van der Waals surface area contributed by atoms with Crippen LogP contribution < -0.4 is 10.1 Å². The second kappa shape index (κ2) is 5.08. The fourth-order valence-electron chi connectivity index (χ4n) is 1.33. The highest BCUT2D eigenvalue weighted by Gasteiger charge is 2.16. The Hall–Kier alpha value is -3.04. The first-order chi connectivity index (χ1) is 9.11. The number of aromatic nitrogens is 4. The van der Waals surface area contributed by atoms with Crippen LogP contribution in [0.1, 0.15) is 10.6 Å². The fourth-order valence-corrected chi connectivity index (χ4v) is 1.33. The number of ether oxygens (including phenoxy) is 1. The van der Waals surface area contributed by atoms with Gasteiger partial charge < -0.3 is 10.1 Å².